The summed E-state index contributed by atoms with van der Waals surface area (Å²) in [6.07, 6.45) is 2.14. The van der Waals surface area contributed by atoms with Crippen molar-refractivity contribution in [1.29, 1.82) is 0 Å². The van der Waals surface area contributed by atoms with Crippen LogP contribution in [0.3, 0.4) is 0 Å². The fourth-order valence-corrected chi connectivity index (χ4v) is 3.40. The number of rotatable bonds is 3. The lowest BCUT2D eigenvalue weighted by Gasteiger charge is -2.32. The van der Waals surface area contributed by atoms with Crippen molar-refractivity contribution < 1.29 is 0 Å². The van der Waals surface area contributed by atoms with Crippen LogP contribution in [-0.2, 0) is 6.54 Å². The van der Waals surface area contributed by atoms with E-state index in [2.05, 4.69) is 57.5 Å². The number of halogens is 1. The van der Waals surface area contributed by atoms with Crippen LogP contribution in [0.2, 0.25) is 0 Å². The van der Waals surface area contributed by atoms with Crippen LogP contribution in [0.5, 0.6) is 0 Å². The molecule has 0 bridgehead atoms. The fraction of sp³-hybridized carbons (Fsp3) is 0.538. The highest BCUT2D eigenvalue weighted by Crippen LogP contribution is 2.26. The highest BCUT2D eigenvalue weighted by molar-refractivity contribution is 9.10. The monoisotopic (exact) mass is 314 g/mol. The van der Waals surface area contributed by atoms with Crippen LogP contribution >= 0.6 is 27.7 Å². The highest BCUT2D eigenvalue weighted by atomic mass is 79.9. The molecule has 4 heteroatoms. The Labute approximate surface area is 116 Å². The van der Waals surface area contributed by atoms with E-state index in [1.807, 2.05) is 11.8 Å². The maximum Gasteiger partial charge on any atom is 0.0246 e. The molecule has 1 aromatic rings. The lowest BCUT2D eigenvalue weighted by Crippen LogP contribution is -2.48. The molecule has 1 fully saturated rings. The molecular formula is C13H19BrN2S. The predicted octanol–water partition coefficient (Wildman–Crippen LogP) is 2.96. The van der Waals surface area contributed by atoms with Crippen molar-refractivity contribution in [2.24, 2.45) is 0 Å². The number of thioether (sulfide) groups is 1. The van der Waals surface area contributed by atoms with Gasteiger partial charge in [0.2, 0.25) is 0 Å². The summed E-state index contributed by atoms with van der Waals surface area (Å²) in [4.78, 5) is 3.91. The van der Waals surface area contributed by atoms with Gasteiger partial charge in [0, 0.05) is 41.6 Å². The average Bonchev–Trinajstić information content (AvgIpc) is 2.31. The van der Waals surface area contributed by atoms with E-state index in [-0.39, 0.29) is 0 Å². The van der Waals surface area contributed by atoms with Gasteiger partial charge in [0.1, 0.15) is 0 Å². The van der Waals surface area contributed by atoms with E-state index in [0.29, 0.717) is 6.04 Å². The van der Waals surface area contributed by atoms with Gasteiger partial charge in [-0.15, -0.1) is 11.8 Å². The molecule has 1 aliphatic rings. The summed E-state index contributed by atoms with van der Waals surface area (Å²) in [5.74, 6) is 0. The second-order valence-corrected chi connectivity index (χ2v) is 6.31. The summed E-state index contributed by atoms with van der Waals surface area (Å²) < 4.78 is 1.17. The zero-order chi connectivity index (χ0) is 12.3. The second kappa shape index (κ2) is 6.23. The van der Waals surface area contributed by atoms with Gasteiger partial charge in [0.25, 0.3) is 0 Å². The first-order valence-corrected chi connectivity index (χ1v) is 7.99. The minimum Gasteiger partial charge on any atom is -0.312 e. The third-order valence-electron chi connectivity index (χ3n) is 3.10. The molecule has 1 heterocycles. The average molecular weight is 315 g/mol. The van der Waals surface area contributed by atoms with Crippen molar-refractivity contribution >= 4 is 27.7 Å². The molecule has 0 aromatic heterocycles. The zero-order valence-electron chi connectivity index (χ0n) is 10.4. The van der Waals surface area contributed by atoms with Crippen molar-refractivity contribution in [1.82, 2.24) is 10.2 Å². The fourth-order valence-electron chi connectivity index (χ4n) is 2.25. The molecule has 1 atom stereocenters. The Morgan fingerprint density at radius 2 is 2.35 bits per heavy atom. The maximum atomic E-state index is 3.53. The van der Waals surface area contributed by atoms with Gasteiger partial charge >= 0.3 is 0 Å². The van der Waals surface area contributed by atoms with Crippen LogP contribution in [0.4, 0.5) is 0 Å². The summed E-state index contributed by atoms with van der Waals surface area (Å²) in [6.45, 7) is 6.71. The Bertz CT molecular complexity index is 384. The van der Waals surface area contributed by atoms with Gasteiger partial charge in [0.15, 0.2) is 0 Å². The number of nitrogens with zero attached hydrogens (tertiary/aromatic N) is 1. The van der Waals surface area contributed by atoms with E-state index >= 15 is 0 Å². The van der Waals surface area contributed by atoms with Gasteiger partial charge in [-0.25, -0.2) is 0 Å². The minimum absolute atomic E-state index is 0.608. The van der Waals surface area contributed by atoms with Crippen LogP contribution in [-0.4, -0.2) is 36.8 Å². The summed E-state index contributed by atoms with van der Waals surface area (Å²) in [6, 6.07) is 7.20. The first-order valence-electron chi connectivity index (χ1n) is 5.97. The summed E-state index contributed by atoms with van der Waals surface area (Å²) in [5.41, 5.74) is 1.44. The van der Waals surface area contributed by atoms with Crippen LogP contribution in [0, 0.1) is 0 Å². The van der Waals surface area contributed by atoms with Crippen molar-refractivity contribution in [2.75, 3.05) is 25.9 Å². The lowest BCUT2D eigenvalue weighted by atomic mass is 10.1. The van der Waals surface area contributed by atoms with Crippen molar-refractivity contribution in [3.8, 4) is 0 Å². The lowest BCUT2D eigenvalue weighted by molar-refractivity contribution is 0.198. The van der Waals surface area contributed by atoms with E-state index < -0.39 is 0 Å². The summed E-state index contributed by atoms with van der Waals surface area (Å²) in [5, 5.41) is 3.48. The first kappa shape index (κ1) is 13.4. The van der Waals surface area contributed by atoms with E-state index in [1.165, 1.54) is 14.9 Å². The van der Waals surface area contributed by atoms with Crippen LogP contribution in [0.25, 0.3) is 0 Å². The van der Waals surface area contributed by atoms with Crippen LogP contribution < -0.4 is 5.32 Å². The molecule has 2 rings (SSSR count). The van der Waals surface area contributed by atoms with Crippen molar-refractivity contribution in [2.45, 2.75) is 24.4 Å². The molecule has 0 saturated carbocycles. The number of hydrogen-bond donors (Lipinski definition) is 1. The van der Waals surface area contributed by atoms with E-state index in [0.717, 1.165) is 26.2 Å². The Kier molecular flexibility index (Phi) is 4.91. The number of piperazine rings is 1. The number of nitrogens with one attached hydrogen (secondary N) is 1. The molecule has 17 heavy (non-hydrogen) atoms. The molecule has 0 spiro atoms. The molecule has 1 aliphatic heterocycles. The van der Waals surface area contributed by atoms with Gasteiger partial charge in [-0.2, -0.15) is 0 Å². The van der Waals surface area contributed by atoms with Gasteiger partial charge in [0.05, 0.1) is 0 Å². The number of hydrogen-bond acceptors (Lipinski definition) is 3. The largest absolute Gasteiger partial charge is 0.312 e. The number of benzene rings is 1. The molecule has 1 N–H and O–H groups in total. The van der Waals surface area contributed by atoms with Gasteiger partial charge in [-0.1, -0.05) is 22.0 Å². The predicted molar refractivity (Wildman–Crippen MR) is 78.7 cm³/mol. The van der Waals surface area contributed by atoms with Gasteiger partial charge in [-0.05, 0) is 30.9 Å². The quantitative estimate of drug-likeness (QED) is 0.864. The van der Waals surface area contributed by atoms with E-state index in [1.54, 1.807) is 0 Å². The Morgan fingerprint density at radius 1 is 1.53 bits per heavy atom. The Morgan fingerprint density at radius 3 is 3.06 bits per heavy atom. The second-order valence-electron chi connectivity index (χ2n) is 4.55. The third kappa shape index (κ3) is 3.71. The van der Waals surface area contributed by atoms with Crippen molar-refractivity contribution in [3.63, 3.8) is 0 Å². The highest BCUT2D eigenvalue weighted by Gasteiger charge is 2.16. The smallest absolute Gasteiger partial charge is 0.0246 e. The molecular weight excluding hydrogens is 296 g/mol. The van der Waals surface area contributed by atoms with E-state index in [4.69, 9.17) is 0 Å². The van der Waals surface area contributed by atoms with Crippen LogP contribution in [0.1, 0.15) is 12.5 Å². The molecule has 0 amide bonds. The minimum atomic E-state index is 0.608. The van der Waals surface area contributed by atoms with Gasteiger partial charge < -0.3 is 5.32 Å². The molecule has 0 aliphatic carbocycles. The zero-order valence-corrected chi connectivity index (χ0v) is 12.8. The SMILES string of the molecule is CSc1cc(Br)ccc1CN1CCN[C@@H](C)C1. The topological polar surface area (TPSA) is 15.3 Å². The van der Waals surface area contributed by atoms with Crippen molar-refractivity contribution in [3.05, 3.63) is 28.2 Å². The summed E-state index contributed by atoms with van der Waals surface area (Å²) in [7, 11) is 0. The molecule has 1 aromatic carbocycles. The first-order chi connectivity index (χ1) is 8.19. The molecule has 1 saturated heterocycles. The maximum absolute atomic E-state index is 3.53. The Hall–Kier alpha value is -0.0300. The standard InChI is InChI=1S/C13H19BrN2S/c1-10-8-16(6-5-15-10)9-11-3-4-12(14)7-13(11)17-2/h3-4,7,10,15H,5-6,8-9H2,1-2H3/t10-/m0/s1. The molecule has 0 radical (unpaired) electrons. The third-order valence-corrected chi connectivity index (χ3v) is 4.41. The van der Waals surface area contributed by atoms with E-state index in [9.17, 15) is 0 Å². The molecule has 2 nitrogen and oxygen atoms in total. The van der Waals surface area contributed by atoms with Gasteiger partial charge in [-0.3, -0.25) is 4.90 Å². The normalized spacial score (nSPS) is 21.7. The summed E-state index contributed by atoms with van der Waals surface area (Å²) >= 11 is 5.36. The Balaban J connectivity index is 2.07. The van der Waals surface area contributed by atoms with Crippen LogP contribution in [0.15, 0.2) is 27.6 Å². The molecule has 0 unspecified atom stereocenters. The molecule has 94 valence electrons.